The molecule has 0 saturated carbocycles. The molecule has 0 bridgehead atoms. The summed E-state index contributed by atoms with van der Waals surface area (Å²) in [7, 11) is 1.89. The summed E-state index contributed by atoms with van der Waals surface area (Å²) in [5, 5.41) is 3.03. The van der Waals surface area contributed by atoms with E-state index in [0.29, 0.717) is 18.4 Å². The molecule has 1 N–H and O–H groups in total. The molecule has 1 unspecified atom stereocenters. The molecule has 2 fully saturated rings. The highest BCUT2D eigenvalue weighted by Crippen LogP contribution is 2.21. The molecule has 4 nitrogen and oxygen atoms in total. The third-order valence-corrected chi connectivity index (χ3v) is 3.53. The number of nitrogens with zero attached hydrogens (tertiary/aromatic N) is 2. The Morgan fingerprint density at radius 1 is 1.40 bits per heavy atom. The van der Waals surface area contributed by atoms with Gasteiger partial charge in [-0.2, -0.15) is 0 Å². The van der Waals surface area contributed by atoms with Crippen molar-refractivity contribution in [2.45, 2.75) is 25.3 Å². The lowest BCUT2D eigenvalue weighted by atomic mass is 10.1. The number of rotatable bonds is 3. The second kappa shape index (κ2) is 4.94. The van der Waals surface area contributed by atoms with Crippen LogP contribution in [0.25, 0.3) is 0 Å². The zero-order valence-corrected chi connectivity index (χ0v) is 9.54. The summed E-state index contributed by atoms with van der Waals surface area (Å²) < 4.78 is 0. The van der Waals surface area contributed by atoms with Gasteiger partial charge in [-0.1, -0.05) is 0 Å². The van der Waals surface area contributed by atoms with Crippen LogP contribution in [0.1, 0.15) is 19.3 Å². The second-order valence-electron chi connectivity index (χ2n) is 4.53. The fourth-order valence-electron chi connectivity index (χ4n) is 2.61. The standard InChI is InChI=1S/C11H21N3O/c1-12-5-4-11(15)14-8-7-13-6-2-3-10(13)9-14/h10,12H,2-9H2,1H3. The minimum atomic E-state index is 0.316. The molecule has 0 aromatic carbocycles. The van der Waals surface area contributed by atoms with Crippen molar-refractivity contribution in [3.05, 3.63) is 0 Å². The van der Waals surface area contributed by atoms with Gasteiger partial charge in [-0.25, -0.2) is 0 Å². The number of carbonyl (C=O) groups is 1. The van der Waals surface area contributed by atoms with E-state index in [4.69, 9.17) is 0 Å². The van der Waals surface area contributed by atoms with Gasteiger partial charge in [0.25, 0.3) is 0 Å². The Balaban J connectivity index is 1.81. The summed E-state index contributed by atoms with van der Waals surface area (Å²) in [4.78, 5) is 16.4. The van der Waals surface area contributed by atoms with Crippen LogP contribution < -0.4 is 5.32 Å². The summed E-state index contributed by atoms with van der Waals surface area (Å²) in [6.45, 7) is 5.00. The fourth-order valence-corrected chi connectivity index (χ4v) is 2.61. The van der Waals surface area contributed by atoms with Gasteiger partial charge in [0.1, 0.15) is 0 Å². The van der Waals surface area contributed by atoms with E-state index in [2.05, 4.69) is 10.2 Å². The molecule has 15 heavy (non-hydrogen) atoms. The fraction of sp³-hybridized carbons (Fsp3) is 0.909. The molecular formula is C11H21N3O. The maximum atomic E-state index is 11.8. The molecule has 0 aromatic rings. The SMILES string of the molecule is CNCCC(=O)N1CCN2CCCC2C1. The Kier molecular flexibility index (Phi) is 3.59. The van der Waals surface area contributed by atoms with Gasteiger partial charge < -0.3 is 10.2 Å². The van der Waals surface area contributed by atoms with Crippen LogP contribution >= 0.6 is 0 Å². The Hall–Kier alpha value is -0.610. The summed E-state index contributed by atoms with van der Waals surface area (Å²) >= 11 is 0. The van der Waals surface area contributed by atoms with Crippen molar-refractivity contribution in [3.63, 3.8) is 0 Å². The first-order valence-electron chi connectivity index (χ1n) is 5.97. The average molecular weight is 211 g/mol. The van der Waals surface area contributed by atoms with E-state index in [0.717, 1.165) is 26.2 Å². The van der Waals surface area contributed by atoms with E-state index in [1.165, 1.54) is 19.4 Å². The van der Waals surface area contributed by atoms with Crippen molar-refractivity contribution >= 4 is 5.91 Å². The quantitative estimate of drug-likeness (QED) is 0.708. The van der Waals surface area contributed by atoms with Gasteiger partial charge in [-0.15, -0.1) is 0 Å². The molecule has 1 atom stereocenters. The van der Waals surface area contributed by atoms with E-state index < -0.39 is 0 Å². The number of piperazine rings is 1. The van der Waals surface area contributed by atoms with Crippen LogP contribution in [-0.2, 0) is 4.79 Å². The van der Waals surface area contributed by atoms with Crippen LogP contribution in [0.5, 0.6) is 0 Å². The lowest BCUT2D eigenvalue weighted by Gasteiger charge is -2.37. The van der Waals surface area contributed by atoms with Crippen LogP contribution in [-0.4, -0.2) is 61.5 Å². The smallest absolute Gasteiger partial charge is 0.223 e. The number of hydrogen-bond donors (Lipinski definition) is 1. The molecule has 4 heteroatoms. The van der Waals surface area contributed by atoms with Gasteiger partial charge in [0.2, 0.25) is 5.91 Å². The average Bonchev–Trinajstić information content (AvgIpc) is 2.72. The largest absolute Gasteiger partial charge is 0.340 e. The van der Waals surface area contributed by atoms with Gasteiger partial charge >= 0.3 is 0 Å². The third kappa shape index (κ3) is 2.49. The van der Waals surface area contributed by atoms with Crippen molar-refractivity contribution in [1.82, 2.24) is 15.1 Å². The molecule has 86 valence electrons. The maximum absolute atomic E-state index is 11.8. The molecule has 2 aliphatic rings. The number of nitrogens with one attached hydrogen (secondary N) is 1. The monoisotopic (exact) mass is 211 g/mol. The summed E-state index contributed by atoms with van der Waals surface area (Å²) in [6, 6.07) is 0.650. The van der Waals surface area contributed by atoms with E-state index in [-0.39, 0.29) is 0 Å². The molecule has 2 rings (SSSR count). The third-order valence-electron chi connectivity index (χ3n) is 3.53. The predicted molar refractivity (Wildman–Crippen MR) is 59.7 cm³/mol. The molecule has 2 heterocycles. The van der Waals surface area contributed by atoms with Gasteiger partial charge in [0.05, 0.1) is 0 Å². The van der Waals surface area contributed by atoms with E-state index in [1.807, 2.05) is 11.9 Å². The van der Waals surface area contributed by atoms with E-state index in [9.17, 15) is 4.79 Å². The number of fused-ring (bicyclic) bond motifs is 1. The molecule has 0 aromatic heterocycles. The second-order valence-corrected chi connectivity index (χ2v) is 4.53. The number of amides is 1. The topological polar surface area (TPSA) is 35.6 Å². The maximum Gasteiger partial charge on any atom is 0.223 e. The molecule has 1 amide bonds. The van der Waals surface area contributed by atoms with Crippen LogP contribution in [0.15, 0.2) is 0 Å². The number of hydrogen-bond acceptors (Lipinski definition) is 3. The highest BCUT2D eigenvalue weighted by Gasteiger charge is 2.31. The van der Waals surface area contributed by atoms with Gasteiger partial charge in [0.15, 0.2) is 0 Å². The molecule has 2 saturated heterocycles. The zero-order chi connectivity index (χ0) is 10.7. The molecule has 2 aliphatic heterocycles. The Labute approximate surface area is 91.6 Å². The van der Waals surface area contributed by atoms with Crippen molar-refractivity contribution in [1.29, 1.82) is 0 Å². The highest BCUT2D eigenvalue weighted by molar-refractivity contribution is 5.76. The zero-order valence-electron chi connectivity index (χ0n) is 9.54. The van der Waals surface area contributed by atoms with Gasteiger partial charge in [0, 0.05) is 38.6 Å². The first-order valence-corrected chi connectivity index (χ1v) is 5.97. The van der Waals surface area contributed by atoms with Crippen molar-refractivity contribution < 1.29 is 4.79 Å². The van der Waals surface area contributed by atoms with E-state index in [1.54, 1.807) is 0 Å². The van der Waals surface area contributed by atoms with Gasteiger partial charge in [-0.05, 0) is 26.4 Å². The lowest BCUT2D eigenvalue weighted by Crippen LogP contribution is -2.52. The minimum Gasteiger partial charge on any atom is -0.340 e. The van der Waals surface area contributed by atoms with E-state index >= 15 is 0 Å². The minimum absolute atomic E-state index is 0.316. The Morgan fingerprint density at radius 2 is 2.27 bits per heavy atom. The summed E-state index contributed by atoms with van der Waals surface area (Å²) in [5.41, 5.74) is 0. The Bertz CT molecular complexity index is 232. The number of carbonyl (C=O) groups excluding carboxylic acids is 1. The van der Waals surface area contributed by atoms with Crippen LogP contribution in [0.2, 0.25) is 0 Å². The normalized spacial score (nSPS) is 26.7. The lowest BCUT2D eigenvalue weighted by molar-refractivity contribution is -0.133. The van der Waals surface area contributed by atoms with Crippen LogP contribution in [0, 0.1) is 0 Å². The Morgan fingerprint density at radius 3 is 3.07 bits per heavy atom. The van der Waals surface area contributed by atoms with Crippen LogP contribution in [0.3, 0.4) is 0 Å². The van der Waals surface area contributed by atoms with Gasteiger partial charge in [-0.3, -0.25) is 9.69 Å². The first kappa shape index (κ1) is 10.9. The highest BCUT2D eigenvalue weighted by atomic mass is 16.2. The van der Waals surface area contributed by atoms with Crippen molar-refractivity contribution in [2.24, 2.45) is 0 Å². The first-order chi connectivity index (χ1) is 7.31. The van der Waals surface area contributed by atoms with Crippen molar-refractivity contribution in [3.8, 4) is 0 Å². The predicted octanol–water partition coefficient (Wildman–Crippen LogP) is -0.0975. The molecular weight excluding hydrogens is 190 g/mol. The molecule has 0 spiro atoms. The molecule has 0 radical (unpaired) electrons. The summed E-state index contributed by atoms with van der Waals surface area (Å²) in [5.74, 6) is 0.316. The van der Waals surface area contributed by atoms with Crippen LogP contribution in [0.4, 0.5) is 0 Å². The van der Waals surface area contributed by atoms with Crippen molar-refractivity contribution in [2.75, 3.05) is 39.8 Å². The molecule has 0 aliphatic carbocycles. The summed E-state index contributed by atoms with van der Waals surface area (Å²) in [6.07, 6.45) is 3.22.